The Labute approximate surface area is 366 Å². The number of hydrogen-bond acceptors (Lipinski definition) is 2. The molecule has 0 saturated carbocycles. The molecule has 0 saturated heterocycles. The molecule has 2 N–H and O–H groups in total. The van der Waals surface area contributed by atoms with E-state index in [9.17, 15) is 9.59 Å². The van der Waals surface area contributed by atoms with Crippen LogP contribution in [0.3, 0.4) is 0 Å². The van der Waals surface area contributed by atoms with Crippen LogP contribution >= 0.6 is 0 Å². The molecule has 0 aliphatic carbocycles. The van der Waals surface area contributed by atoms with Crippen LogP contribution in [0.1, 0.15) is 322 Å². The van der Waals surface area contributed by atoms with Gasteiger partial charge in [0.05, 0.1) is 0 Å². The zero-order chi connectivity index (χ0) is 41.9. The van der Waals surface area contributed by atoms with Gasteiger partial charge in [0, 0.05) is 25.9 Å². The third kappa shape index (κ3) is 51.1. The lowest BCUT2D eigenvalue weighted by molar-refractivity contribution is -0.122. The number of rotatable bonds is 51. The molecule has 0 radical (unpaired) electrons. The molecule has 0 aliphatic heterocycles. The SMILES string of the molecule is CCCCCCCCCCCCCCCCCC(=O)NCCCCCCCCCCCCCCCCCCNC(=O)CCCCCCCCCCCCCCCCC. The zero-order valence-electron chi connectivity index (χ0n) is 40.2. The summed E-state index contributed by atoms with van der Waals surface area (Å²) in [5.74, 6) is 0.541. The Hall–Kier alpha value is -1.06. The minimum atomic E-state index is 0.271. The Morgan fingerprint density at radius 2 is 0.379 bits per heavy atom. The smallest absolute Gasteiger partial charge is 0.219 e. The van der Waals surface area contributed by atoms with Gasteiger partial charge in [0.1, 0.15) is 0 Å². The van der Waals surface area contributed by atoms with Gasteiger partial charge in [0.25, 0.3) is 0 Å². The molecule has 0 heterocycles. The lowest BCUT2D eigenvalue weighted by Gasteiger charge is -2.06. The highest BCUT2D eigenvalue weighted by atomic mass is 16.2. The summed E-state index contributed by atoms with van der Waals surface area (Å²) in [6.07, 6.45) is 63.9. The minimum Gasteiger partial charge on any atom is -0.356 e. The van der Waals surface area contributed by atoms with Gasteiger partial charge in [-0.05, 0) is 25.7 Å². The summed E-state index contributed by atoms with van der Waals surface area (Å²) in [4.78, 5) is 24.3. The summed E-state index contributed by atoms with van der Waals surface area (Å²) in [5, 5.41) is 6.31. The molecule has 0 aromatic heterocycles. The molecule has 4 nitrogen and oxygen atoms in total. The second kappa shape index (κ2) is 52.1. The monoisotopic (exact) mass is 817 g/mol. The van der Waals surface area contributed by atoms with E-state index in [0.717, 1.165) is 51.6 Å². The number of carbonyl (C=O) groups excluding carboxylic acids is 2. The number of nitrogens with one attached hydrogen (secondary N) is 2. The second-order valence-electron chi connectivity index (χ2n) is 18.8. The van der Waals surface area contributed by atoms with Crippen molar-refractivity contribution in [2.45, 2.75) is 322 Å². The van der Waals surface area contributed by atoms with Gasteiger partial charge < -0.3 is 10.6 Å². The molecule has 4 heteroatoms. The van der Waals surface area contributed by atoms with Crippen molar-refractivity contribution in [3.8, 4) is 0 Å². The Morgan fingerprint density at radius 1 is 0.224 bits per heavy atom. The Morgan fingerprint density at radius 3 is 0.569 bits per heavy atom. The van der Waals surface area contributed by atoms with E-state index in [1.807, 2.05) is 0 Å². The first-order valence-corrected chi connectivity index (χ1v) is 27.2. The first-order chi connectivity index (χ1) is 28.7. The van der Waals surface area contributed by atoms with Crippen molar-refractivity contribution in [2.24, 2.45) is 0 Å². The Balaban J connectivity index is 3.19. The fourth-order valence-electron chi connectivity index (χ4n) is 8.67. The van der Waals surface area contributed by atoms with Crippen molar-refractivity contribution < 1.29 is 9.59 Å². The maximum Gasteiger partial charge on any atom is 0.219 e. The van der Waals surface area contributed by atoms with Crippen molar-refractivity contribution in [1.82, 2.24) is 10.6 Å². The molecule has 0 aromatic rings. The van der Waals surface area contributed by atoms with Crippen LogP contribution in [-0.2, 0) is 9.59 Å². The summed E-state index contributed by atoms with van der Waals surface area (Å²) in [7, 11) is 0. The molecule has 0 rings (SSSR count). The number of amides is 2. The molecule has 0 atom stereocenters. The molecule has 0 aromatic carbocycles. The van der Waals surface area contributed by atoms with Gasteiger partial charge in [0.2, 0.25) is 11.8 Å². The lowest BCUT2D eigenvalue weighted by Crippen LogP contribution is -2.23. The van der Waals surface area contributed by atoms with E-state index >= 15 is 0 Å². The number of unbranched alkanes of at least 4 members (excludes halogenated alkanes) is 43. The molecule has 0 fully saturated rings. The van der Waals surface area contributed by atoms with E-state index in [2.05, 4.69) is 24.5 Å². The first kappa shape index (κ1) is 56.9. The molecule has 0 unspecified atom stereocenters. The largest absolute Gasteiger partial charge is 0.356 e. The van der Waals surface area contributed by atoms with Crippen molar-refractivity contribution in [1.29, 1.82) is 0 Å². The normalized spacial score (nSPS) is 11.4. The second-order valence-corrected chi connectivity index (χ2v) is 18.8. The van der Waals surface area contributed by atoms with Crippen LogP contribution in [0, 0.1) is 0 Å². The average Bonchev–Trinajstić information content (AvgIpc) is 3.22. The van der Waals surface area contributed by atoms with Gasteiger partial charge in [0.15, 0.2) is 0 Å². The van der Waals surface area contributed by atoms with Gasteiger partial charge >= 0.3 is 0 Å². The van der Waals surface area contributed by atoms with Gasteiger partial charge in [-0.2, -0.15) is 0 Å². The summed E-state index contributed by atoms with van der Waals surface area (Å²) in [6, 6.07) is 0. The lowest BCUT2D eigenvalue weighted by atomic mass is 10.0. The molecular weight excluding hydrogens is 709 g/mol. The van der Waals surface area contributed by atoms with E-state index in [1.165, 1.54) is 270 Å². The summed E-state index contributed by atoms with van der Waals surface area (Å²) in [5.41, 5.74) is 0. The van der Waals surface area contributed by atoms with Gasteiger partial charge in [-0.15, -0.1) is 0 Å². The molecule has 346 valence electrons. The molecule has 2 amide bonds. The van der Waals surface area contributed by atoms with Crippen molar-refractivity contribution in [3.63, 3.8) is 0 Å². The number of hydrogen-bond donors (Lipinski definition) is 2. The Kier molecular flexibility index (Phi) is 51.1. The highest BCUT2D eigenvalue weighted by Crippen LogP contribution is 2.17. The molecular formula is C54H108N2O2. The van der Waals surface area contributed by atoms with Crippen molar-refractivity contribution >= 4 is 11.8 Å². The van der Waals surface area contributed by atoms with Crippen LogP contribution in [0.4, 0.5) is 0 Å². The summed E-state index contributed by atoms with van der Waals surface area (Å²) in [6.45, 7) is 6.33. The fourth-order valence-corrected chi connectivity index (χ4v) is 8.67. The average molecular weight is 817 g/mol. The third-order valence-electron chi connectivity index (χ3n) is 12.8. The molecule has 0 aliphatic rings. The van der Waals surface area contributed by atoms with Crippen LogP contribution < -0.4 is 10.6 Å². The van der Waals surface area contributed by atoms with Crippen LogP contribution in [0.2, 0.25) is 0 Å². The van der Waals surface area contributed by atoms with Crippen molar-refractivity contribution in [3.05, 3.63) is 0 Å². The zero-order valence-corrected chi connectivity index (χ0v) is 40.2. The van der Waals surface area contributed by atoms with Gasteiger partial charge in [-0.1, -0.05) is 284 Å². The van der Waals surface area contributed by atoms with Crippen LogP contribution in [0.25, 0.3) is 0 Å². The summed E-state index contributed by atoms with van der Waals surface area (Å²) >= 11 is 0. The number of carbonyl (C=O) groups is 2. The van der Waals surface area contributed by atoms with Gasteiger partial charge in [-0.25, -0.2) is 0 Å². The minimum absolute atomic E-state index is 0.271. The maximum atomic E-state index is 12.1. The van der Waals surface area contributed by atoms with Crippen LogP contribution in [-0.4, -0.2) is 24.9 Å². The van der Waals surface area contributed by atoms with E-state index in [0.29, 0.717) is 0 Å². The fraction of sp³-hybridized carbons (Fsp3) is 0.963. The molecule has 58 heavy (non-hydrogen) atoms. The van der Waals surface area contributed by atoms with Crippen LogP contribution in [0.5, 0.6) is 0 Å². The van der Waals surface area contributed by atoms with Crippen molar-refractivity contribution in [2.75, 3.05) is 13.1 Å². The third-order valence-corrected chi connectivity index (χ3v) is 12.8. The van der Waals surface area contributed by atoms with Crippen LogP contribution in [0.15, 0.2) is 0 Å². The Bertz CT molecular complexity index is 721. The predicted molar refractivity (Wildman–Crippen MR) is 259 cm³/mol. The predicted octanol–water partition coefficient (Wildman–Crippen LogP) is 18.0. The highest BCUT2D eigenvalue weighted by molar-refractivity contribution is 5.76. The van der Waals surface area contributed by atoms with E-state index in [4.69, 9.17) is 0 Å². The molecule has 0 bridgehead atoms. The van der Waals surface area contributed by atoms with Gasteiger partial charge in [-0.3, -0.25) is 9.59 Å². The first-order valence-electron chi connectivity index (χ1n) is 27.2. The van der Waals surface area contributed by atoms with E-state index in [1.54, 1.807) is 0 Å². The van der Waals surface area contributed by atoms with E-state index < -0.39 is 0 Å². The standard InChI is InChI=1S/C54H108N2O2/c1-3-5-7-9-11-13-15-17-21-25-29-33-37-41-45-49-53(57)55-51-47-43-39-35-31-27-23-19-20-24-28-32-36-40-44-48-52-56-54(58)50-46-42-38-34-30-26-22-18-16-14-12-10-8-6-4-2/h3-52H2,1-2H3,(H,55,57)(H,56,58). The quantitative estimate of drug-likeness (QED) is 0.0601. The van der Waals surface area contributed by atoms with E-state index in [-0.39, 0.29) is 11.8 Å². The topological polar surface area (TPSA) is 58.2 Å². The summed E-state index contributed by atoms with van der Waals surface area (Å²) < 4.78 is 0. The maximum absolute atomic E-state index is 12.1. The molecule has 0 spiro atoms. The highest BCUT2D eigenvalue weighted by Gasteiger charge is 2.03.